The third-order valence-electron chi connectivity index (χ3n) is 5.06. The number of para-hydroxylation sites is 2. The Kier molecular flexibility index (Phi) is 8.75. The fourth-order valence-electron chi connectivity index (χ4n) is 3.63. The number of hydrogen-bond acceptors (Lipinski definition) is 6. The summed E-state index contributed by atoms with van der Waals surface area (Å²) in [5.74, 6) is 0.172. The molecule has 3 aromatic rings. The maximum absolute atomic E-state index is 11.9. The summed E-state index contributed by atoms with van der Waals surface area (Å²) in [5, 5.41) is 10.2. The van der Waals surface area contributed by atoms with Crippen LogP contribution in [0.4, 0.5) is 0 Å². The van der Waals surface area contributed by atoms with Crippen molar-refractivity contribution >= 4 is 22.4 Å². The summed E-state index contributed by atoms with van der Waals surface area (Å²) in [4.78, 5) is 16.5. The maximum atomic E-state index is 11.9. The van der Waals surface area contributed by atoms with Crippen LogP contribution in [0.5, 0.6) is 5.75 Å². The average Bonchev–Trinajstić information content (AvgIpc) is 2.82. The van der Waals surface area contributed by atoms with Gasteiger partial charge in [0.15, 0.2) is 0 Å². The molecule has 1 aromatic heterocycles. The number of benzene rings is 2. The molecule has 0 aliphatic carbocycles. The van der Waals surface area contributed by atoms with E-state index in [9.17, 15) is 4.79 Å². The standard InChI is InChI=1S/C27H29NO5/c1-19(18-31-3)23(22-16-21-8-4-6-10-25(21)28-17-22)12-13-27(33-20(2)30)24-9-5-7-11-26(24)32-15-14-29/h4-12,16-17,27,29H,1,13-15,18H2,2-3H3/b23-12-/t27-/m1/s1. The van der Waals surface area contributed by atoms with Crippen LogP contribution in [0.1, 0.15) is 30.6 Å². The molecule has 0 saturated heterocycles. The van der Waals surface area contributed by atoms with Crippen molar-refractivity contribution < 1.29 is 24.1 Å². The smallest absolute Gasteiger partial charge is 0.303 e. The molecule has 2 aromatic carbocycles. The third kappa shape index (κ3) is 6.51. The van der Waals surface area contributed by atoms with E-state index in [0.29, 0.717) is 18.8 Å². The number of esters is 1. The molecule has 1 N–H and O–H groups in total. The highest BCUT2D eigenvalue weighted by atomic mass is 16.5. The zero-order valence-corrected chi connectivity index (χ0v) is 19.0. The molecule has 1 heterocycles. The Hall–Kier alpha value is -3.48. The molecule has 172 valence electrons. The van der Waals surface area contributed by atoms with Crippen LogP contribution in [0.3, 0.4) is 0 Å². The van der Waals surface area contributed by atoms with Gasteiger partial charge in [0, 0.05) is 43.2 Å². The van der Waals surface area contributed by atoms with E-state index in [1.165, 1.54) is 6.92 Å². The minimum absolute atomic E-state index is 0.109. The van der Waals surface area contributed by atoms with Gasteiger partial charge in [-0.3, -0.25) is 9.78 Å². The largest absolute Gasteiger partial charge is 0.491 e. The molecule has 0 amide bonds. The number of aromatic nitrogens is 1. The van der Waals surface area contributed by atoms with Crippen LogP contribution < -0.4 is 4.74 Å². The van der Waals surface area contributed by atoms with Gasteiger partial charge in [0.2, 0.25) is 0 Å². The van der Waals surface area contributed by atoms with Crippen LogP contribution in [-0.2, 0) is 14.3 Å². The lowest BCUT2D eigenvalue weighted by atomic mass is 9.96. The first kappa shape index (κ1) is 24.2. The second-order valence-electron chi connectivity index (χ2n) is 7.51. The van der Waals surface area contributed by atoms with Gasteiger partial charge < -0.3 is 19.3 Å². The molecule has 3 rings (SSSR count). The summed E-state index contributed by atoms with van der Waals surface area (Å²) >= 11 is 0. The predicted octanol–water partition coefficient (Wildman–Crippen LogP) is 4.89. The first-order valence-corrected chi connectivity index (χ1v) is 10.8. The molecule has 0 unspecified atom stereocenters. The van der Waals surface area contributed by atoms with Crippen LogP contribution in [0, 0.1) is 0 Å². The maximum Gasteiger partial charge on any atom is 0.303 e. The lowest BCUT2D eigenvalue weighted by Gasteiger charge is -2.20. The second-order valence-corrected chi connectivity index (χ2v) is 7.51. The first-order chi connectivity index (χ1) is 16.0. The van der Waals surface area contributed by atoms with Crippen molar-refractivity contribution in [2.24, 2.45) is 0 Å². The van der Waals surface area contributed by atoms with Crippen molar-refractivity contribution in [2.75, 3.05) is 26.9 Å². The van der Waals surface area contributed by atoms with E-state index in [1.807, 2.05) is 54.7 Å². The summed E-state index contributed by atoms with van der Waals surface area (Å²) < 4.78 is 16.6. The molecule has 6 heteroatoms. The molecule has 0 spiro atoms. The molecule has 0 aliphatic rings. The lowest BCUT2D eigenvalue weighted by Crippen LogP contribution is -2.11. The Balaban J connectivity index is 1.99. The zero-order valence-electron chi connectivity index (χ0n) is 19.0. The van der Waals surface area contributed by atoms with Gasteiger partial charge >= 0.3 is 5.97 Å². The van der Waals surface area contributed by atoms with E-state index in [0.717, 1.165) is 33.2 Å². The van der Waals surface area contributed by atoms with Gasteiger partial charge in [-0.25, -0.2) is 0 Å². The van der Waals surface area contributed by atoms with Crippen molar-refractivity contribution in [1.82, 2.24) is 4.98 Å². The number of carbonyl (C=O) groups is 1. The van der Waals surface area contributed by atoms with Crippen molar-refractivity contribution in [2.45, 2.75) is 19.4 Å². The second kappa shape index (κ2) is 11.9. The lowest BCUT2D eigenvalue weighted by molar-refractivity contribution is -0.146. The summed E-state index contributed by atoms with van der Waals surface area (Å²) in [7, 11) is 1.62. The van der Waals surface area contributed by atoms with Crippen molar-refractivity contribution in [3.05, 3.63) is 90.1 Å². The molecule has 6 nitrogen and oxygen atoms in total. The fraction of sp³-hybridized carbons (Fsp3) is 0.259. The van der Waals surface area contributed by atoms with E-state index in [1.54, 1.807) is 13.2 Å². The van der Waals surface area contributed by atoms with E-state index >= 15 is 0 Å². The Labute approximate surface area is 194 Å². The molecule has 33 heavy (non-hydrogen) atoms. The quantitative estimate of drug-likeness (QED) is 0.333. The number of ether oxygens (including phenoxy) is 3. The van der Waals surface area contributed by atoms with Crippen LogP contribution in [0.15, 0.2) is 79.0 Å². The van der Waals surface area contributed by atoms with Crippen LogP contribution >= 0.6 is 0 Å². The molecular formula is C27H29NO5. The number of methoxy groups -OCH3 is 1. The van der Waals surface area contributed by atoms with Crippen LogP contribution in [0.2, 0.25) is 0 Å². The molecule has 1 atom stereocenters. The van der Waals surface area contributed by atoms with Crippen molar-refractivity contribution in [3.8, 4) is 5.75 Å². The van der Waals surface area contributed by atoms with E-state index in [-0.39, 0.29) is 13.2 Å². The van der Waals surface area contributed by atoms with E-state index < -0.39 is 12.1 Å². The summed E-state index contributed by atoms with van der Waals surface area (Å²) in [6, 6.07) is 17.3. The normalized spacial score (nSPS) is 12.4. The highest BCUT2D eigenvalue weighted by Gasteiger charge is 2.19. The number of fused-ring (bicyclic) bond motifs is 1. The Morgan fingerprint density at radius 3 is 2.70 bits per heavy atom. The van der Waals surface area contributed by atoms with Crippen LogP contribution in [-0.4, -0.2) is 43.0 Å². The SMILES string of the molecule is C=C(COC)/C(=C/C[C@@H](OC(C)=O)c1ccccc1OCCO)c1cnc2ccccc2c1. The van der Waals surface area contributed by atoms with Gasteiger partial charge in [0.05, 0.1) is 18.7 Å². The molecule has 0 aliphatic heterocycles. The Morgan fingerprint density at radius 2 is 1.94 bits per heavy atom. The number of rotatable bonds is 11. The van der Waals surface area contributed by atoms with Gasteiger partial charge in [0.1, 0.15) is 18.5 Å². The third-order valence-corrected chi connectivity index (χ3v) is 5.06. The molecule has 0 bridgehead atoms. The molecule has 0 saturated carbocycles. The number of pyridine rings is 1. The highest BCUT2D eigenvalue weighted by molar-refractivity contribution is 5.86. The summed E-state index contributed by atoms with van der Waals surface area (Å²) in [6.07, 6.45) is 3.62. The minimum Gasteiger partial charge on any atom is -0.491 e. The average molecular weight is 448 g/mol. The minimum atomic E-state index is -0.573. The van der Waals surface area contributed by atoms with Gasteiger partial charge in [-0.15, -0.1) is 0 Å². The van der Waals surface area contributed by atoms with Gasteiger partial charge in [-0.1, -0.05) is 49.1 Å². The fourth-order valence-corrected chi connectivity index (χ4v) is 3.63. The van der Waals surface area contributed by atoms with Gasteiger partial charge in [-0.05, 0) is 29.3 Å². The number of aliphatic hydroxyl groups excluding tert-OH is 1. The number of nitrogens with zero attached hydrogens (tertiary/aromatic N) is 1. The topological polar surface area (TPSA) is 77.9 Å². The zero-order chi connectivity index (χ0) is 23.6. The Morgan fingerprint density at radius 1 is 1.18 bits per heavy atom. The van der Waals surface area contributed by atoms with Crippen molar-refractivity contribution in [3.63, 3.8) is 0 Å². The van der Waals surface area contributed by atoms with E-state index in [2.05, 4.69) is 17.6 Å². The summed E-state index contributed by atoms with van der Waals surface area (Å²) in [5.41, 5.74) is 4.21. The number of carbonyl (C=O) groups excluding carboxylic acids is 1. The first-order valence-electron chi connectivity index (χ1n) is 10.8. The highest BCUT2D eigenvalue weighted by Crippen LogP contribution is 2.33. The number of aliphatic hydroxyl groups is 1. The number of hydrogen-bond donors (Lipinski definition) is 1. The molecular weight excluding hydrogens is 418 g/mol. The van der Waals surface area contributed by atoms with E-state index in [4.69, 9.17) is 19.3 Å². The van der Waals surface area contributed by atoms with Gasteiger partial charge in [-0.2, -0.15) is 0 Å². The van der Waals surface area contributed by atoms with Gasteiger partial charge in [0.25, 0.3) is 0 Å². The van der Waals surface area contributed by atoms with Crippen LogP contribution in [0.25, 0.3) is 16.5 Å². The predicted molar refractivity (Wildman–Crippen MR) is 129 cm³/mol. The monoisotopic (exact) mass is 447 g/mol. The molecule has 0 radical (unpaired) electrons. The summed E-state index contributed by atoms with van der Waals surface area (Å²) in [6.45, 7) is 5.97. The Bertz CT molecular complexity index is 1140. The van der Waals surface area contributed by atoms with Crippen molar-refractivity contribution in [1.29, 1.82) is 0 Å². The molecule has 0 fully saturated rings.